The first kappa shape index (κ1) is 12.7. The molecule has 0 aliphatic heterocycles. The first-order chi connectivity index (χ1) is 7.13. The molecule has 0 N–H and O–H groups in total. The van der Waals surface area contributed by atoms with Gasteiger partial charge in [-0.15, -0.1) is 0 Å². The molecule has 4 heteroatoms. The summed E-state index contributed by atoms with van der Waals surface area (Å²) in [5.74, 6) is 1.35. The number of thioether (sulfide) groups is 1. The normalized spacial score (nSPS) is 10.3. The van der Waals surface area contributed by atoms with Crippen molar-refractivity contribution in [2.75, 3.05) is 11.5 Å². The van der Waals surface area contributed by atoms with E-state index in [4.69, 9.17) is 0 Å². The molecule has 0 heterocycles. The zero-order valence-corrected chi connectivity index (χ0v) is 10.8. The van der Waals surface area contributed by atoms with Gasteiger partial charge in [0.25, 0.3) is 0 Å². The molecule has 1 rings (SSSR count). The lowest BCUT2D eigenvalue weighted by Crippen LogP contribution is -2.06. The minimum absolute atomic E-state index is 0.175. The number of carbonyl (C=O) groups is 1. The van der Waals surface area contributed by atoms with Crippen molar-refractivity contribution < 1.29 is 9.18 Å². The Balaban J connectivity index is 2.60. The van der Waals surface area contributed by atoms with E-state index in [0.29, 0.717) is 16.6 Å². The van der Waals surface area contributed by atoms with Crippen LogP contribution in [0.4, 0.5) is 4.39 Å². The highest BCUT2D eigenvalue weighted by atomic mass is 79.9. The molecule has 0 spiro atoms. The summed E-state index contributed by atoms with van der Waals surface area (Å²) in [6, 6.07) is 4.41. The van der Waals surface area contributed by atoms with Gasteiger partial charge in [-0.3, -0.25) is 4.79 Å². The topological polar surface area (TPSA) is 17.1 Å². The predicted octanol–water partition coefficient (Wildman–Crippen LogP) is 3.45. The van der Waals surface area contributed by atoms with Gasteiger partial charge in [0, 0.05) is 10.9 Å². The zero-order valence-electron chi connectivity index (χ0n) is 8.43. The third-order valence-electron chi connectivity index (χ3n) is 1.87. The number of hydrogen-bond donors (Lipinski definition) is 0. The number of rotatable bonds is 5. The first-order valence-corrected chi connectivity index (χ1v) is 6.61. The molecule has 0 radical (unpaired) electrons. The second-order valence-corrected chi connectivity index (χ2v) is 5.22. The van der Waals surface area contributed by atoms with Crippen molar-refractivity contribution in [3.63, 3.8) is 0 Å². The Hall–Kier alpha value is -0.350. The van der Waals surface area contributed by atoms with E-state index in [1.807, 2.05) is 6.92 Å². The fourth-order valence-electron chi connectivity index (χ4n) is 1.14. The largest absolute Gasteiger partial charge is 0.298 e. The van der Waals surface area contributed by atoms with Gasteiger partial charge in [0.2, 0.25) is 0 Å². The molecule has 0 saturated carbocycles. The summed E-state index contributed by atoms with van der Waals surface area (Å²) in [4.78, 5) is 11.5. The summed E-state index contributed by atoms with van der Waals surface area (Å²) in [6.45, 7) is 2.02. The van der Waals surface area contributed by atoms with Gasteiger partial charge >= 0.3 is 0 Å². The van der Waals surface area contributed by atoms with Crippen molar-refractivity contribution in [1.29, 1.82) is 0 Å². The van der Waals surface area contributed by atoms with E-state index < -0.39 is 0 Å². The van der Waals surface area contributed by atoms with Crippen molar-refractivity contribution in [2.45, 2.75) is 13.3 Å². The molecular formula is C11H12BrFOS. The molecule has 1 nitrogen and oxygen atoms in total. The fourth-order valence-corrected chi connectivity index (χ4v) is 2.17. The number of Topliss-reactive ketones (excluding diaryl/α,β-unsaturated/α-hetero) is 1. The molecule has 0 aliphatic rings. The van der Waals surface area contributed by atoms with E-state index in [0.717, 1.165) is 11.3 Å². The molecule has 0 atom stereocenters. The Morgan fingerprint density at radius 1 is 1.53 bits per heavy atom. The fraction of sp³-hybridized carbons (Fsp3) is 0.364. The Kier molecular flexibility index (Phi) is 5.32. The predicted molar refractivity (Wildman–Crippen MR) is 65.8 cm³/mol. The van der Waals surface area contributed by atoms with Gasteiger partial charge in [0.1, 0.15) is 11.6 Å². The lowest BCUT2D eigenvalue weighted by molar-refractivity contribution is -0.116. The van der Waals surface area contributed by atoms with Crippen LogP contribution in [0.25, 0.3) is 0 Å². The lowest BCUT2D eigenvalue weighted by Gasteiger charge is -2.03. The smallest absolute Gasteiger partial charge is 0.147 e. The molecule has 0 saturated heterocycles. The quantitative estimate of drug-likeness (QED) is 0.826. The molecule has 0 aliphatic carbocycles. The monoisotopic (exact) mass is 290 g/mol. The molecule has 0 aromatic heterocycles. The summed E-state index contributed by atoms with van der Waals surface area (Å²) in [7, 11) is 0. The maximum atomic E-state index is 12.8. The van der Waals surface area contributed by atoms with Crippen LogP contribution in [0.1, 0.15) is 12.5 Å². The summed E-state index contributed by atoms with van der Waals surface area (Å²) in [6.07, 6.45) is 0.369. The molecule has 15 heavy (non-hydrogen) atoms. The summed E-state index contributed by atoms with van der Waals surface area (Å²) in [5.41, 5.74) is 0.845. The van der Waals surface area contributed by atoms with Gasteiger partial charge in [-0.1, -0.05) is 28.9 Å². The maximum absolute atomic E-state index is 12.8. The number of hydrogen-bond acceptors (Lipinski definition) is 2. The minimum Gasteiger partial charge on any atom is -0.298 e. The molecule has 1 aromatic rings. The Morgan fingerprint density at radius 2 is 2.27 bits per heavy atom. The van der Waals surface area contributed by atoms with Crippen molar-refractivity contribution in [3.05, 3.63) is 34.1 Å². The third-order valence-corrected chi connectivity index (χ3v) is 3.54. The van der Waals surface area contributed by atoms with E-state index in [9.17, 15) is 9.18 Å². The van der Waals surface area contributed by atoms with Crippen LogP contribution in [0.15, 0.2) is 22.7 Å². The number of halogens is 2. The molecule has 0 amide bonds. The van der Waals surface area contributed by atoms with Crippen LogP contribution in [0.3, 0.4) is 0 Å². The summed E-state index contributed by atoms with van der Waals surface area (Å²) >= 11 is 4.85. The number of ketones is 1. The van der Waals surface area contributed by atoms with E-state index in [1.165, 1.54) is 12.1 Å². The van der Waals surface area contributed by atoms with Crippen molar-refractivity contribution >= 4 is 33.5 Å². The van der Waals surface area contributed by atoms with Gasteiger partial charge in [0.05, 0.1) is 5.75 Å². The average Bonchev–Trinajstić information content (AvgIpc) is 2.19. The lowest BCUT2D eigenvalue weighted by atomic mass is 10.1. The summed E-state index contributed by atoms with van der Waals surface area (Å²) in [5, 5.41) is 0. The Morgan fingerprint density at radius 3 is 2.87 bits per heavy atom. The van der Waals surface area contributed by atoms with E-state index in [-0.39, 0.29) is 11.6 Å². The van der Waals surface area contributed by atoms with Gasteiger partial charge in [0.15, 0.2) is 0 Å². The van der Waals surface area contributed by atoms with Crippen LogP contribution in [-0.4, -0.2) is 17.3 Å². The molecule has 82 valence electrons. The van der Waals surface area contributed by atoms with E-state index in [1.54, 1.807) is 17.8 Å². The minimum atomic E-state index is -0.291. The van der Waals surface area contributed by atoms with Crippen LogP contribution in [0.5, 0.6) is 0 Å². The highest BCUT2D eigenvalue weighted by Gasteiger charge is 2.07. The Bertz CT molecular complexity index is 354. The van der Waals surface area contributed by atoms with Crippen LogP contribution in [0, 0.1) is 5.82 Å². The van der Waals surface area contributed by atoms with Crippen molar-refractivity contribution in [2.24, 2.45) is 0 Å². The molecule has 1 aromatic carbocycles. The van der Waals surface area contributed by atoms with Gasteiger partial charge in [-0.25, -0.2) is 4.39 Å². The van der Waals surface area contributed by atoms with Gasteiger partial charge in [-0.2, -0.15) is 11.8 Å². The average molecular weight is 291 g/mol. The highest BCUT2D eigenvalue weighted by Crippen LogP contribution is 2.19. The molecule has 0 bridgehead atoms. The Labute approximate surface area is 102 Å². The molecule has 0 fully saturated rings. The van der Waals surface area contributed by atoms with E-state index >= 15 is 0 Å². The highest BCUT2D eigenvalue weighted by molar-refractivity contribution is 9.10. The van der Waals surface area contributed by atoms with Gasteiger partial charge < -0.3 is 0 Å². The first-order valence-electron chi connectivity index (χ1n) is 4.67. The van der Waals surface area contributed by atoms with Crippen LogP contribution >= 0.6 is 27.7 Å². The van der Waals surface area contributed by atoms with Crippen LogP contribution < -0.4 is 0 Å². The maximum Gasteiger partial charge on any atom is 0.147 e. The number of carbonyl (C=O) groups excluding carboxylic acids is 1. The van der Waals surface area contributed by atoms with Crippen LogP contribution in [-0.2, 0) is 11.2 Å². The second kappa shape index (κ2) is 6.28. The van der Waals surface area contributed by atoms with Gasteiger partial charge in [-0.05, 0) is 23.4 Å². The second-order valence-electron chi connectivity index (χ2n) is 3.09. The van der Waals surface area contributed by atoms with Crippen LogP contribution in [0.2, 0.25) is 0 Å². The SMILES string of the molecule is CCSCC(=O)Cc1ccc(F)cc1Br. The zero-order chi connectivity index (χ0) is 11.3. The molecule has 0 unspecified atom stereocenters. The standard InChI is InChI=1S/C11H12BrFOS/c1-2-15-7-10(14)5-8-3-4-9(13)6-11(8)12/h3-4,6H,2,5,7H2,1H3. The van der Waals surface area contributed by atoms with E-state index in [2.05, 4.69) is 15.9 Å². The van der Waals surface area contributed by atoms with Crippen molar-refractivity contribution in [1.82, 2.24) is 0 Å². The number of benzene rings is 1. The molecular weight excluding hydrogens is 279 g/mol. The van der Waals surface area contributed by atoms with Crippen molar-refractivity contribution in [3.8, 4) is 0 Å². The summed E-state index contributed by atoms with van der Waals surface area (Å²) < 4.78 is 13.4. The third kappa shape index (κ3) is 4.34.